The second kappa shape index (κ2) is 8.14. The first kappa shape index (κ1) is 18.7. The van der Waals surface area contributed by atoms with Gasteiger partial charge in [0.2, 0.25) is 11.8 Å². The fourth-order valence-electron chi connectivity index (χ4n) is 3.66. The van der Waals surface area contributed by atoms with E-state index >= 15 is 0 Å². The Morgan fingerprint density at radius 3 is 2.68 bits per heavy atom. The van der Waals surface area contributed by atoms with Gasteiger partial charge in [-0.3, -0.25) is 9.59 Å². The summed E-state index contributed by atoms with van der Waals surface area (Å²) >= 11 is 5.90. The largest absolute Gasteiger partial charge is 0.357 e. The molecule has 1 atom stereocenters. The van der Waals surface area contributed by atoms with E-state index < -0.39 is 0 Å². The van der Waals surface area contributed by atoms with Crippen LogP contribution in [0.2, 0.25) is 5.02 Å². The molecule has 146 valence electrons. The maximum absolute atomic E-state index is 12.6. The van der Waals surface area contributed by atoms with E-state index in [1.807, 2.05) is 6.07 Å². The van der Waals surface area contributed by atoms with E-state index in [2.05, 4.69) is 20.2 Å². The molecule has 1 aromatic carbocycles. The SMILES string of the molecule is O=C(NCc1nccc(N2CCCC2)n1)C1CC(=O)N(c2ccc(Cl)cc2)C1. The molecule has 0 aliphatic carbocycles. The molecule has 1 aromatic heterocycles. The highest BCUT2D eigenvalue weighted by Gasteiger charge is 2.35. The third kappa shape index (κ3) is 4.09. The van der Waals surface area contributed by atoms with Crippen LogP contribution in [0.3, 0.4) is 0 Å². The van der Waals surface area contributed by atoms with Crippen LogP contribution in [0.5, 0.6) is 0 Å². The normalized spacial score (nSPS) is 19.3. The van der Waals surface area contributed by atoms with Crippen molar-refractivity contribution in [1.82, 2.24) is 15.3 Å². The number of aromatic nitrogens is 2. The van der Waals surface area contributed by atoms with Gasteiger partial charge in [0.15, 0.2) is 0 Å². The summed E-state index contributed by atoms with van der Waals surface area (Å²) in [4.78, 5) is 37.5. The molecule has 4 rings (SSSR count). The number of amides is 2. The maximum atomic E-state index is 12.6. The topological polar surface area (TPSA) is 78.4 Å². The van der Waals surface area contributed by atoms with E-state index in [1.165, 1.54) is 12.8 Å². The van der Waals surface area contributed by atoms with Crippen molar-refractivity contribution in [2.24, 2.45) is 5.92 Å². The van der Waals surface area contributed by atoms with E-state index in [0.717, 1.165) is 24.6 Å². The lowest BCUT2D eigenvalue weighted by Gasteiger charge is -2.17. The zero-order valence-corrected chi connectivity index (χ0v) is 16.2. The van der Waals surface area contributed by atoms with Crippen molar-refractivity contribution in [2.45, 2.75) is 25.8 Å². The number of halogens is 1. The average molecular weight is 400 g/mol. The van der Waals surface area contributed by atoms with Gasteiger partial charge in [-0.2, -0.15) is 0 Å². The molecule has 3 heterocycles. The van der Waals surface area contributed by atoms with Crippen molar-refractivity contribution in [3.8, 4) is 0 Å². The monoisotopic (exact) mass is 399 g/mol. The minimum atomic E-state index is -0.384. The van der Waals surface area contributed by atoms with Crippen molar-refractivity contribution >= 4 is 34.9 Å². The number of anilines is 2. The summed E-state index contributed by atoms with van der Waals surface area (Å²) in [5, 5.41) is 3.49. The van der Waals surface area contributed by atoms with Gasteiger partial charge in [0, 0.05) is 43.0 Å². The van der Waals surface area contributed by atoms with Gasteiger partial charge in [-0.1, -0.05) is 11.6 Å². The standard InChI is InChI=1S/C20H22ClN5O2/c21-15-3-5-16(6-4-15)26-13-14(11-19(26)27)20(28)23-12-17-22-8-7-18(24-17)25-9-1-2-10-25/h3-8,14H,1-2,9-13H2,(H,23,28). The number of rotatable bonds is 5. The molecule has 2 fully saturated rings. The molecular weight excluding hydrogens is 378 g/mol. The molecule has 28 heavy (non-hydrogen) atoms. The van der Waals surface area contributed by atoms with Gasteiger partial charge in [0.1, 0.15) is 11.6 Å². The Labute approximate surface area is 168 Å². The third-order valence-electron chi connectivity index (χ3n) is 5.18. The fourth-order valence-corrected chi connectivity index (χ4v) is 3.79. The van der Waals surface area contributed by atoms with Crippen LogP contribution in [0.1, 0.15) is 25.1 Å². The van der Waals surface area contributed by atoms with Gasteiger partial charge < -0.3 is 15.1 Å². The molecule has 2 aromatic rings. The predicted octanol–water partition coefficient (Wildman–Crippen LogP) is 2.40. The Hall–Kier alpha value is -2.67. The van der Waals surface area contributed by atoms with Gasteiger partial charge in [-0.25, -0.2) is 9.97 Å². The third-order valence-corrected chi connectivity index (χ3v) is 5.43. The fraction of sp³-hybridized carbons (Fsp3) is 0.400. The van der Waals surface area contributed by atoms with Gasteiger partial charge >= 0.3 is 0 Å². The van der Waals surface area contributed by atoms with Gasteiger partial charge in [-0.15, -0.1) is 0 Å². The zero-order chi connectivity index (χ0) is 19.5. The molecule has 0 bridgehead atoms. The highest BCUT2D eigenvalue weighted by atomic mass is 35.5. The van der Waals surface area contributed by atoms with Crippen LogP contribution in [0.15, 0.2) is 36.5 Å². The Bertz CT molecular complexity index is 867. The lowest BCUT2D eigenvalue weighted by atomic mass is 10.1. The number of carbonyl (C=O) groups is 2. The highest BCUT2D eigenvalue weighted by molar-refractivity contribution is 6.30. The molecule has 2 amide bonds. The molecule has 2 aliphatic rings. The van der Waals surface area contributed by atoms with Crippen molar-refractivity contribution < 1.29 is 9.59 Å². The summed E-state index contributed by atoms with van der Waals surface area (Å²) in [6.45, 7) is 2.63. The number of hydrogen-bond donors (Lipinski definition) is 1. The summed E-state index contributed by atoms with van der Waals surface area (Å²) < 4.78 is 0. The Kier molecular flexibility index (Phi) is 5.43. The minimum absolute atomic E-state index is 0.0604. The first-order valence-corrected chi connectivity index (χ1v) is 9.88. The summed E-state index contributed by atoms with van der Waals surface area (Å²) in [7, 11) is 0. The molecule has 2 aliphatic heterocycles. The summed E-state index contributed by atoms with van der Waals surface area (Å²) in [6, 6.07) is 8.96. The number of hydrogen-bond acceptors (Lipinski definition) is 5. The Balaban J connectivity index is 1.35. The zero-order valence-electron chi connectivity index (χ0n) is 15.5. The Morgan fingerprint density at radius 1 is 1.18 bits per heavy atom. The highest BCUT2D eigenvalue weighted by Crippen LogP contribution is 2.26. The number of benzene rings is 1. The van der Waals surface area contributed by atoms with E-state index in [0.29, 0.717) is 17.4 Å². The molecular formula is C20H22ClN5O2. The second-order valence-electron chi connectivity index (χ2n) is 7.12. The minimum Gasteiger partial charge on any atom is -0.357 e. The van der Waals surface area contributed by atoms with Crippen LogP contribution in [0.25, 0.3) is 0 Å². The molecule has 0 spiro atoms. The lowest BCUT2D eigenvalue weighted by molar-refractivity contribution is -0.126. The molecule has 0 saturated carbocycles. The lowest BCUT2D eigenvalue weighted by Crippen LogP contribution is -2.33. The number of carbonyl (C=O) groups excluding carboxylic acids is 2. The average Bonchev–Trinajstić information content (AvgIpc) is 3.37. The second-order valence-corrected chi connectivity index (χ2v) is 7.56. The van der Waals surface area contributed by atoms with Crippen LogP contribution in [-0.4, -0.2) is 41.4 Å². The van der Waals surface area contributed by atoms with E-state index in [-0.39, 0.29) is 30.7 Å². The van der Waals surface area contributed by atoms with Crippen molar-refractivity contribution in [3.63, 3.8) is 0 Å². The van der Waals surface area contributed by atoms with Gasteiger partial charge in [-0.05, 0) is 43.2 Å². The molecule has 1 unspecified atom stereocenters. The van der Waals surface area contributed by atoms with Gasteiger partial charge in [0.05, 0.1) is 12.5 Å². The van der Waals surface area contributed by atoms with Crippen molar-refractivity contribution in [2.75, 3.05) is 29.4 Å². The first-order chi connectivity index (χ1) is 13.6. The Morgan fingerprint density at radius 2 is 1.93 bits per heavy atom. The quantitative estimate of drug-likeness (QED) is 0.835. The summed E-state index contributed by atoms with van der Waals surface area (Å²) in [5.74, 6) is 0.887. The van der Waals surface area contributed by atoms with Crippen LogP contribution in [0.4, 0.5) is 11.5 Å². The van der Waals surface area contributed by atoms with Crippen molar-refractivity contribution in [3.05, 3.63) is 47.4 Å². The predicted molar refractivity (Wildman–Crippen MR) is 107 cm³/mol. The van der Waals surface area contributed by atoms with Crippen LogP contribution >= 0.6 is 11.6 Å². The first-order valence-electron chi connectivity index (χ1n) is 9.50. The van der Waals surface area contributed by atoms with Crippen LogP contribution < -0.4 is 15.1 Å². The molecule has 0 radical (unpaired) electrons. The summed E-state index contributed by atoms with van der Waals surface area (Å²) in [6.07, 6.45) is 4.28. The summed E-state index contributed by atoms with van der Waals surface area (Å²) in [5.41, 5.74) is 0.756. The van der Waals surface area contributed by atoms with Gasteiger partial charge in [0.25, 0.3) is 0 Å². The number of nitrogens with one attached hydrogen (secondary N) is 1. The number of nitrogens with zero attached hydrogens (tertiary/aromatic N) is 4. The van der Waals surface area contributed by atoms with E-state index in [4.69, 9.17) is 11.6 Å². The molecule has 8 heteroatoms. The van der Waals surface area contributed by atoms with Crippen LogP contribution in [-0.2, 0) is 16.1 Å². The van der Waals surface area contributed by atoms with E-state index in [1.54, 1.807) is 35.4 Å². The van der Waals surface area contributed by atoms with Crippen LogP contribution in [0, 0.1) is 5.92 Å². The molecule has 2 saturated heterocycles. The maximum Gasteiger partial charge on any atom is 0.227 e. The van der Waals surface area contributed by atoms with E-state index in [9.17, 15) is 9.59 Å². The van der Waals surface area contributed by atoms with Crippen molar-refractivity contribution in [1.29, 1.82) is 0 Å². The smallest absolute Gasteiger partial charge is 0.227 e. The molecule has 1 N–H and O–H groups in total. The molecule has 7 nitrogen and oxygen atoms in total.